The van der Waals surface area contributed by atoms with Crippen LogP contribution in [0.15, 0.2) is 59.4 Å². The lowest BCUT2D eigenvalue weighted by atomic mass is 10.2. The van der Waals surface area contributed by atoms with Crippen molar-refractivity contribution in [3.05, 3.63) is 70.5 Å². The predicted molar refractivity (Wildman–Crippen MR) is 108 cm³/mol. The van der Waals surface area contributed by atoms with Gasteiger partial charge in [-0.25, -0.2) is 0 Å². The molecule has 1 heterocycles. The molecule has 2 aromatic carbocycles. The Hall–Kier alpha value is -3.08. The first-order valence-electron chi connectivity index (χ1n) is 9.20. The monoisotopic (exact) mass is 364 g/mol. The van der Waals surface area contributed by atoms with Crippen molar-refractivity contribution in [2.75, 3.05) is 11.9 Å². The van der Waals surface area contributed by atoms with Crippen LogP contribution >= 0.6 is 0 Å². The third-order valence-corrected chi connectivity index (χ3v) is 4.40. The molecule has 140 valence electrons. The summed E-state index contributed by atoms with van der Waals surface area (Å²) in [7, 11) is 0. The maximum atomic E-state index is 12.0. The normalized spacial score (nSPS) is 10.7. The first-order chi connectivity index (χ1) is 13.1. The second-order valence-corrected chi connectivity index (χ2v) is 6.51. The number of anilines is 1. The van der Waals surface area contributed by atoms with E-state index in [1.165, 1.54) is 0 Å². The van der Waals surface area contributed by atoms with Crippen LogP contribution in [0.4, 0.5) is 5.69 Å². The van der Waals surface area contributed by atoms with E-state index in [2.05, 4.69) is 5.32 Å². The summed E-state index contributed by atoms with van der Waals surface area (Å²) in [5, 5.41) is 3.86. The fourth-order valence-corrected chi connectivity index (χ4v) is 3.07. The van der Waals surface area contributed by atoms with E-state index in [9.17, 15) is 9.59 Å². The second-order valence-electron chi connectivity index (χ2n) is 6.51. The van der Waals surface area contributed by atoms with Crippen molar-refractivity contribution < 1.29 is 9.53 Å². The summed E-state index contributed by atoms with van der Waals surface area (Å²) in [5.74, 6) is 0.720. The maximum Gasteiger partial charge on any atom is 0.250 e. The van der Waals surface area contributed by atoms with E-state index in [0.29, 0.717) is 26.0 Å². The molecule has 0 saturated heterocycles. The Kier molecular flexibility index (Phi) is 5.91. The van der Waals surface area contributed by atoms with Gasteiger partial charge in [0.25, 0.3) is 5.56 Å². The fourth-order valence-electron chi connectivity index (χ4n) is 3.07. The molecule has 0 spiro atoms. The summed E-state index contributed by atoms with van der Waals surface area (Å²) in [6.45, 7) is 5.03. The van der Waals surface area contributed by atoms with Gasteiger partial charge in [-0.2, -0.15) is 0 Å². The molecular formula is C22H24N2O3. The van der Waals surface area contributed by atoms with Crippen molar-refractivity contribution in [1.82, 2.24) is 4.57 Å². The third kappa shape index (κ3) is 4.76. The number of rotatable bonds is 7. The predicted octanol–water partition coefficient (Wildman–Crippen LogP) is 4.13. The summed E-state index contributed by atoms with van der Waals surface area (Å²) in [5.41, 5.74) is 2.83. The average Bonchev–Trinajstić information content (AvgIpc) is 2.65. The van der Waals surface area contributed by atoms with Gasteiger partial charge in [-0.15, -0.1) is 0 Å². The van der Waals surface area contributed by atoms with Gasteiger partial charge in [0.2, 0.25) is 5.91 Å². The molecule has 3 aromatic rings. The number of carbonyl (C=O) groups excluding carboxylic acids is 1. The first kappa shape index (κ1) is 18.7. The largest absolute Gasteiger partial charge is 0.494 e. The van der Waals surface area contributed by atoms with Crippen LogP contribution in [0.25, 0.3) is 10.9 Å². The van der Waals surface area contributed by atoms with Crippen LogP contribution < -0.4 is 15.6 Å². The Morgan fingerprint density at radius 3 is 2.74 bits per heavy atom. The Morgan fingerprint density at radius 1 is 1.11 bits per heavy atom. The van der Waals surface area contributed by atoms with E-state index >= 15 is 0 Å². The number of aryl methyl sites for hydroxylation is 2. The van der Waals surface area contributed by atoms with Gasteiger partial charge in [0.05, 0.1) is 12.1 Å². The van der Waals surface area contributed by atoms with Crippen LogP contribution in [0.5, 0.6) is 5.75 Å². The fraction of sp³-hybridized carbons (Fsp3) is 0.273. The Labute approximate surface area is 158 Å². The molecule has 0 unspecified atom stereocenters. The highest BCUT2D eigenvalue weighted by Crippen LogP contribution is 2.20. The number of hydrogen-bond acceptors (Lipinski definition) is 3. The molecule has 1 amide bonds. The van der Waals surface area contributed by atoms with Crippen LogP contribution in [0.2, 0.25) is 0 Å². The van der Waals surface area contributed by atoms with Gasteiger partial charge in [-0.1, -0.05) is 12.1 Å². The molecular weight excluding hydrogens is 340 g/mol. The lowest BCUT2D eigenvalue weighted by Gasteiger charge is -2.10. The average molecular weight is 364 g/mol. The zero-order valence-electron chi connectivity index (χ0n) is 15.7. The SMILES string of the molecule is CCn1c(=O)ccc2cc(OCCCC(=O)Nc3cccc(C)c3)ccc21. The smallest absolute Gasteiger partial charge is 0.250 e. The number of pyridine rings is 1. The number of aromatic nitrogens is 1. The highest BCUT2D eigenvalue weighted by Gasteiger charge is 2.05. The molecule has 0 fully saturated rings. The van der Waals surface area contributed by atoms with Crippen LogP contribution in [-0.4, -0.2) is 17.1 Å². The van der Waals surface area contributed by atoms with E-state index in [-0.39, 0.29) is 11.5 Å². The zero-order valence-corrected chi connectivity index (χ0v) is 15.7. The first-order valence-corrected chi connectivity index (χ1v) is 9.20. The van der Waals surface area contributed by atoms with E-state index in [0.717, 1.165) is 27.9 Å². The summed E-state index contributed by atoms with van der Waals surface area (Å²) in [6, 6.07) is 16.8. The van der Waals surface area contributed by atoms with Crippen molar-refractivity contribution in [1.29, 1.82) is 0 Å². The van der Waals surface area contributed by atoms with Gasteiger partial charge in [-0.3, -0.25) is 9.59 Å². The summed E-state index contributed by atoms with van der Waals surface area (Å²) in [6.07, 6.45) is 1.03. The molecule has 27 heavy (non-hydrogen) atoms. The molecule has 5 heteroatoms. The number of hydrogen-bond donors (Lipinski definition) is 1. The number of fused-ring (bicyclic) bond motifs is 1. The van der Waals surface area contributed by atoms with Gasteiger partial charge in [-0.05, 0) is 62.2 Å². The van der Waals surface area contributed by atoms with Crippen LogP contribution in [-0.2, 0) is 11.3 Å². The van der Waals surface area contributed by atoms with Gasteiger partial charge in [0.15, 0.2) is 0 Å². The van der Waals surface area contributed by atoms with E-state index in [4.69, 9.17) is 4.74 Å². The molecule has 0 aliphatic heterocycles. The van der Waals surface area contributed by atoms with E-state index in [1.54, 1.807) is 10.6 Å². The summed E-state index contributed by atoms with van der Waals surface area (Å²) < 4.78 is 7.50. The minimum atomic E-state index is -0.0188. The third-order valence-electron chi connectivity index (χ3n) is 4.40. The minimum absolute atomic E-state index is 0.00158. The maximum absolute atomic E-state index is 12.0. The zero-order chi connectivity index (χ0) is 19.2. The molecule has 0 atom stereocenters. The molecule has 0 aliphatic rings. The van der Waals surface area contributed by atoms with Crippen LogP contribution in [0, 0.1) is 6.92 Å². The molecule has 0 bridgehead atoms. The van der Waals surface area contributed by atoms with Gasteiger partial charge < -0.3 is 14.6 Å². The van der Waals surface area contributed by atoms with Gasteiger partial charge in [0.1, 0.15) is 5.75 Å². The summed E-state index contributed by atoms with van der Waals surface area (Å²) in [4.78, 5) is 23.9. The number of nitrogens with one attached hydrogen (secondary N) is 1. The molecule has 0 saturated carbocycles. The number of amides is 1. The van der Waals surface area contributed by atoms with Crippen LogP contribution in [0.3, 0.4) is 0 Å². The lowest BCUT2D eigenvalue weighted by Crippen LogP contribution is -2.17. The Morgan fingerprint density at radius 2 is 1.96 bits per heavy atom. The molecule has 1 aromatic heterocycles. The van der Waals surface area contributed by atoms with Gasteiger partial charge >= 0.3 is 0 Å². The number of benzene rings is 2. The van der Waals surface area contributed by atoms with Crippen molar-refractivity contribution in [3.63, 3.8) is 0 Å². The van der Waals surface area contributed by atoms with Crippen molar-refractivity contribution in [2.24, 2.45) is 0 Å². The minimum Gasteiger partial charge on any atom is -0.494 e. The Balaban J connectivity index is 1.52. The van der Waals surface area contributed by atoms with Crippen molar-refractivity contribution >= 4 is 22.5 Å². The second kappa shape index (κ2) is 8.54. The lowest BCUT2D eigenvalue weighted by molar-refractivity contribution is -0.116. The molecule has 0 aliphatic carbocycles. The highest BCUT2D eigenvalue weighted by atomic mass is 16.5. The van der Waals surface area contributed by atoms with Crippen molar-refractivity contribution in [3.8, 4) is 5.75 Å². The molecule has 1 N–H and O–H groups in total. The summed E-state index contributed by atoms with van der Waals surface area (Å²) >= 11 is 0. The highest BCUT2D eigenvalue weighted by molar-refractivity contribution is 5.90. The van der Waals surface area contributed by atoms with E-state index < -0.39 is 0 Å². The number of carbonyl (C=O) groups is 1. The molecule has 3 rings (SSSR count). The van der Waals surface area contributed by atoms with Crippen LogP contribution in [0.1, 0.15) is 25.3 Å². The Bertz CT molecular complexity index is 1010. The van der Waals surface area contributed by atoms with Gasteiger partial charge in [0, 0.05) is 30.1 Å². The van der Waals surface area contributed by atoms with E-state index in [1.807, 2.05) is 62.4 Å². The number of nitrogens with zero attached hydrogens (tertiary/aromatic N) is 1. The quantitative estimate of drug-likeness (QED) is 0.641. The standard InChI is InChI=1S/C22H24N2O3/c1-3-24-20-11-10-19(15-17(20)9-12-22(24)26)27-13-5-8-21(25)23-18-7-4-6-16(2)14-18/h4,6-7,9-12,14-15H,3,5,8,13H2,1-2H3,(H,23,25). The molecule has 5 nitrogen and oxygen atoms in total. The van der Waals surface area contributed by atoms with Crippen molar-refractivity contribution in [2.45, 2.75) is 33.2 Å². The molecule has 0 radical (unpaired) electrons. The number of ether oxygens (including phenoxy) is 1. The topological polar surface area (TPSA) is 60.3 Å².